The molecule has 0 radical (unpaired) electrons. The highest BCUT2D eigenvalue weighted by Crippen LogP contribution is 2.20. The molecule has 1 aromatic carbocycles. The Kier molecular flexibility index (Phi) is 6.92. The van der Waals surface area contributed by atoms with Gasteiger partial charge in [-0.15, -0.1) is 0 Å². The van der Waals surface area contributed by atoms with Crippen LogP contribution in [0.15, 0.2) is 29.2 Å². The molecule has 1 aromatic rings. The van der Waals surface area contributed by atoms with Crippen LogP contribution in [-0.2, 0) is 14.6 Å². The van der Waals surface area contributed by atoms with E-state index >= 15 is 0 Å². The molecule has 2 atom stereocenters. The maximum atomic E-state index is 12.9. The number of halogens is 1. The third kappa shape index (κ3) is 5.56. The van der Waals surface area contributed by atoms with Crippen molar-refractivity contribution in [1.82, 2.24) is 5.32 Å². The Morgan fingerprint density at radius 1 is 1.25 bits per heavy atom. The number of nitrogens with one attached hydrogen (secondary N) is 1. The highest BCUT2D eigenvalue weighted by atomic mass is 32.2. The number of amides is 1. The van der Waals surface area contributed by atoms with Gasteiger partial charge in [0, 0.05) is 18.5 Å². The average Bonchev–Trinajstić information content (AvgIpc) is 2.46. The quantitative estimate of drug-likeness (QED) is 0.698. The maximum Gasteiger partial charge on any atom is 0.221 e. The van der Waals surface area contributed by atoms with Crippen LogP contribution in [0.4, 0.5) is 4.39 Å². The molecule has 3 N–H and O–H groups in total. The predicted octanol–water partition coefficient (Wildman–Crippen LogP) is 2.26. The third-order valence-corrected chi connectivity index (χ3v) is 6.05. The van der Waals surface area contributed by atoms with E-state index in [4.69, 9.17) is 5.73 Å². The number of nitrogens with two attached hydrogens (primary N) is 1. The van der Waals surface area contributed by atoms with E-state index < -0.39 is 26.4 Å². The first-order valence-electron chi connectivity index (χ1n) is 8.01. The molecule has 7 heteroatoms. The zero-order valence-electron chi connectivity index (χ0n) is 14.7. The highest BCUT2D eigenvalue weighted by molar-refractivity contribution is 7.92. The SMILES string of the molecule is CC(C)CC(C)(CN)NC(=O)CC(C)S(=O)(=O)c1ccc(F)cc1. The maximum absolute atomic E-state index is 12.9. The van der Waals surface area contributed by atoms with Crippen molar-refractivity contribution in [2.24, 2.45) is 11.7 Å². The summed E-state index contributed by atoms with van der Waals surface area (Å²) < 4.78 is 37.9. The van der Waals surface area contributed by atoms with Crippen molar-refractivity contribution < 1.29 is 17.6 Å². The summed E-state index contributed by atoms with van der Waals surface area (Å²) in [6, 6.07) is 4.60. The Labute approximate surface area is 143 Å². The van der Waals surface area contributed by atoms with Crippen LogP contribution in [0.5, 0.6) is 0 Å². The predicted molar refractivity (Wildman–Crippen MR) is 92.7 cm³/mol. The third-order valence-electron chi connectivity index (χ3n) is 3.90. The average molecular weight is 358 g/mol. The summed E-state index contributed by atoms with van der Waals surface area (Å²) in [6.07, 6.45) is 0.529. The Balaban J connectivity index is 2.80. The first kappa shape index (κ1) is 20.6. The molecule has 1 amide bonds. The van der Waals surface area contributed by atoms with Crippen LogP contribution in [0, 0.1) is 11.7 Å². The Morgan fingerprint density at radius 2 is 1.79 bits per heavy atom. The lowest BCUT2D eigenvalue weighted by Gasteiger charge is -2.31. The van der Waals surface area contributed by atoms with Crippen molar-refractivity contribution >= 4 is 15.7 Å². The number of carbonyl (C=O) groups is 1. The van der Waals surface area contributed by atoms with Crippen molar-refractivity contribution in [1.29, 1.82) is 0 Å². The number of rotatable bonds is 8. The van der Waals surface area contributed by atoms with Gasteiger partial charge in [0.2, 0.25) is 5.91 Å². The van der Waals surface area contributed by atoms with Crippen molar-refractivity contribution in [2.45, 2.75) is 56.2 Å². The number of sulfone groups is 1. The van der Waals surface area contributed by atoms with Crippen molar-refractivity contribution in [2.75, 3.05) is 6.54 Å². The zero-order valence-corrected chi connectivity index (χ0v) is 15.5. The van der Waals surface area contributed by atoms with Gasteiger partial charge in [0.1, 0.15) is 5.82 Å². The van der Waals surface area contributed by atoms with Gasteiger partial charge in [0.25, 0.3) is 0 Å². The topological polar surface area (TPSA) is 89.3 Å². The van der Waals surface area contributed by atoms with Gasteiger partial charge in [-0.2, -0.15) is 0 Å². The van der Waals surface area contributed by atoms with Crippen LogP contribution < -0.4 is 11.1 Å². The molecule has 0 spiro atoms. The van der Waals surface area contributed by atoms with Gasteiger partial charge in [-0.25, -0.2) is 12.8 Å². The molecular formula is C17H27FN2O3S. The summed E-state index contributed by atoms with van der Waals surface area (Å²) in [4.78, 5) is 12.3. The van der Waals surface area contributed by atoms with E-state index in [1.54, 1.807) is 0 Å². The summed E-state index contributed by atoms with van der Waals surface area (Å²) >= 11 is 0. The molecule has 136 valence electrons. The van der Waals surface area contributed by atoms with Crippen LogP contribution >= 0.6 is 0 Å². The molecule has 2 unspecified atom stereocenters. The summed E-state index contributed by atoms with van der Waals surface area (Å²) in [6.45, 7) is 7.66. The summed E-state index contributed by atoms with van der Waals surface area (Å²) in [7, 11) is -3.69. The van der Waals surface area contributed by atoms with Gasteiger partial charge in [0.15, 0.2) is 9.84 Å². The van der Waals surface area contributed by atoms with Crippen LogP contribution in [0.3, 0.4) is 0 Å². The van der Waals surface area contributed by atoms with Gasteiger partial charge in [-0.3, -0.25) is 4.79 Å². The summed E-state index contributed by atoms with van der Waals surface area (Å²) in [5, 5.41) is 1.94. The van der Waals surface area contributed by atoms with E-state index in [1.165, 1.54) is 19.1 Å². The first-order valence-corrected chi connectivity index (χ1v) is 9.55. The Hall–Kier alpha value is -1.47. The fourth-order valence-electron chi connectivity index (χ4n) is 2.70. The standard InChI is InChI=1S/C17H27FN2O3S/c1-12(2)10-17(4,11-19)20-16(21)9-13(3)24(22,23)15-7-5-14(18)6-8-15/h5-8,12-13H,9-11,19H2,1-4H3,(H,20,21). The monoisotopic (exact) mass is 358 g/mol. The van der Waals surface area contributed by atoms with Gasteiger partial charge in [0.05, 0.1) is 10.1 Å². The summed E-state index contributed by atoms with van der Waals surface area (Å²) in [5.41, 5.74) is 5.19. The largest absolute Gasteiger partial charge is 0.350 e. The first-order chi connectivity index (χ1) is 11.0. The molecule has 0 aromatic heterocycles. The van der Waals surface area contributed by atoms with Crippen LogP contribution in [0.2, 0.25) is 0 Å². The smallest absolute Gasteiger partial charge is 0.221 e. The molecule has 0 aliphatic heterocycles. The Bertz CT molecular complexity index is 659. The minimum atomic E-state index is -3.69. The van der Waals surface area contributed by atoms with E-state index in [0.717, 1.165) is 12.1 Å². The number of benzene rings is 1. The van der Waals surface area contributed by atoms with Crippen LogP contribution in [-0.4, -0.2) is 31.7 Å². The van der Waals surface area contributed by atoms with E-state index in [1.807, 2.05) is 20.8 Å². The second-order valence-electron chi connectivity index (χ2n) is 6.92. The minimum Gasteiger partial charge on any atom is -0.350 e. The van der Waals surface area contributed by atoms with Crippen LogP contribution in [0.25, 0.3) is 0 Å². The molecule has 0 aliphatic rings. The lowest BCUT2D eigenvalue weighted by atomic mass is 9.90. The second-order valence-corrected chi connectivity index (χ2v) is 9.29. The Morgan fingerprint density at radius 3 is 2.25 bits per heavy atom. The number of hydrogen-bond acceptors (Lipinski definition) is 4. The molecular weight excluding hydrogens is 331 g/mol. The fraction of sp³-hybridized carbons (Fsp3) is 0.588. The van der Waals surface area contributed by atoms with E-state index in [-0.39, 0.29) is 23.8 Å². The number of carbonyl (C=O) groups excluding carboxylic acids is 1. The lowest BCUT2D eigenvalue weighted by molar-refractivity contribution is -0.122. The van der Waals surface area contributed by atoms with Crippen molar-refractivity contribution in [3.05, 3.63) is 30.1 Å². The molecule has 0 saturated heterocycles. The minimum absolute atomic E-state index is 0.00738. The van der Waals surface area contributed by atoms with E-state index in [2.05, 4.69) is 5.32 Å². The normalized spacial score (nSPS) is 15.8. The number of hydrogen-bond donors (Lipinski definition) is 2. The highest BCUT2D eigenvalue weighted by Gasteiger charge is 2.30. The van der Waals surface area contributed by atoms with Gasteiger partial charge < -0.3 is 11.1 Å². The fourth-order valence-corrected chi connectivity index (χ4v) is 4.05. The molecule has 0 fully saturated rings. The van der Waals surface area contributed by atoms with Gasteiger partial charge in [-0.05, 0) is 50.5 Å². The lowest BCUT2D eigenvalue weighted by Crippen LogP contribution is -2.52. The molecule has 0 saturated carbocycles. The van der Waals surface area contributed by atoms with E-state index in [9.17, 15) is 17.6 Å². The molecule has 1 rings (SSSR count). The van der Waals surface area contributed by atoms with E-state index in [0.29, 0.717) is 12.3 Å². The van der Waals surface area contributed by atoms with Crippen molar-refractivity contribution in [3.8, 4) is 0 Å². The van der Waals surface area contributed by atoms with Crippen molar-refractivity contribution in [3.63, 3.8) is 0 Å². The second kappa shape index (κ2) is 8.07. The van der Waals surface area contributed by atoms with Crippen LogP contribution in [0.1, 0.15) is 40.5 Å². The molecule has 0 aliphatic carbocycles. The molecule has 24 heavy (non-hydrogen) atoms. The summed E-state index contributed by atoms with van der Waals surface area (Å²) in [5.74, 6) is -0.521. The molecule has 0 heterocycles. The molecule has 0 bridgehead atoms. The molecule has 5 nitrogen and oxygen atoms in total. The van der Waals surface area contributed by atoms with Gasteiger partial charge >= 0.3 is 0 Å². The van der Waals surface area contributed by atoms with Gasteiger partial charge in [-0.1, -0.05) is 13.8 Å². The zero-order chi connectivity index (χ0) is 18.5.